The van der Waals surface area contributed by atoms with Gasteiger partial charge in [0, 0.05) is 8.95 Å². The molecule has 4 aromatic carbocycles. The fourth-order valence-electron chi connectivity index (χ4n) is 7.07. The summed E-state index contributed by atoms with van der Waals surface area (Å²) >= 11 is 9.49. The first kappa shape index (κ1) is 35.0. The Morgan fingerprint density at radius 1 is 0.556 bits per heavy atom. The van der Waals surface area contributed by atoms with Crippen LogP contribution in [0.25, 0.3) is 21.5 Å². The molecule has 0 bridgehead atoms. The smallest absolute Gasteiger partial charge is 0.133 e. The minimum absolute atomic E-state index is 0.370. The largest absolute Gasteiger partial charge is 0.490 e. The fourth-order valence-corrected chi connectivity index (χ4v) is 8.62. The van der Waals surface area contributed by atoms with E-state index < -0.39 is 0 Å². The molecule has 242 valence electrons. The average molecular weight is 849 g/mol. The Balaban J connectivity index is 0.000000178. The monoisotopic (exact) mass is 846 g/mol. The molecule has 2 saturated carbocycles. The van der Waals surface area contributed by atoms with Crippen molar-refractivity contribution in [3.05, 3.63) is 79.2 Å². The van der Waals surface area contributed by atoms with E-state index in [9.17, 15) is 0 Å². The third-order valence-electron chi connectivity index (χ3n) is 10.0. The molecule has 2 aliphatic carbocycles. The Kier molecular flexibility index (Phi) is 11.6. The van der Waals surface area contributed by atoms with Crippen molar-refractivity contribution in [3.8, 4) is 11.5 Å². The lowest BCUT2D eigenvalue weighted by Gasteiger charge is -2.37. The molecule has 6 rings (SSSR count). The second kappa shape index (κ2) is 14.8. The lowest BCUT2D eigenvalue weighted by Crippen LogP contribution is -2.30. The summed E-state index contributed by atoms with van der Waals surface area (Å²) in [6.07, 6.45) is 10.6. The summed E-state index contributed by atoms with van der Waals surface area (Å²) in [5, 5.41) is 5.02. The predicted octanol–water partition coefficient (Wildman–Crippen LogP) is 13.8. The third kappa shape index (κ3) is 9.41. The van der Waals surface area contributed by atoms with E-state index in [1.165, 1.54) is 76.5 Å². The highest BCUT2D eigenvalue weighted by atomic mass is 127. The summed E-state index contributed by atoms with van der Waals surface area (Å²) in [5.41, 5.74) is 0.858. The Morgan fingerprint density at radius 3 is 1.60 bits per heavy atom. The summed E-state index contributed by atoms with van der Waals surface area (Å²) in [7, 11) is 0. The first-order chi connectivity index (χ1) is 21.3. The Hall–Kier alpha value is -1.31. The van der Waals surface area contributed by atoms with Crippen molar-refractivity contribution in [1.29, 1.82) is 0 Å². The summed E-state index contributed by atoms with van der Waals surface area (Å²) in [4.78, 5) is 0. The van der Waals surface area contributed by atoms with Gasteiger partial charge in [0.05, 0.1) is 15.8 Å². The lowest BCUT2D eigenvalue weighted by molar-refractivity contribution is 0.0877. The lowest BCUT2D eigenvalue weighted by atomic mass is 9.72. The molecule has 2 fully saturated rings. The highest BCUT2D eigenvalue weighted by molar-refractivity contribution is 14.1. The van der Waals surface area contributed by atoms with Gasteiger partial charge in [-0.25, -0.2) is 0 Å². The zero-order valence-corrected chi connectivity index (χ0v) is 33.1. The third-order valence-corrected chi connectivity index (χ3v) is 12.1. The minimum atomic E-state index is 0.370. The van der Waals surface area contributed by atoms with Crippen molar-refractivity contribution in [2.75, 3.05) is 0 Å². The second-order valence-electron chi connectivity index (χ2n) is 15.3. The zero-order valence-electron chi connectivity index (χ0n) is 27.8. The Morgan fingerprint density at radius 2 is 1.02 bits per heavy atom. The molecule has 0 atom stereocenters. The first-order valence-electron chi connectivity index (χ1n) is 16.7. The summed E-state index contributed by atoms with van der Waals surface area (Å²) in [6, 6.07) is 23.5. The number of hydrogen-bond donors (Lipinski definition) is 0. The molecule has 4 aromatic rings. The molecule has 5 heteroatoms. The molecule has 0 N–H and O–H groups in total. The van der Waals surface area contributed by atoms with Gasteiger partial charge in [0.2, 0.25) is 0 Å². The van der Waals surface area contributed by atoms with Crippen molar-refractivity contribution in [2.24, 2.45) is 22.7 Å². The van der Waals surface area contributed by atoms with Crippen LogP contribution in [0.2, 0.25) is 0 Å². The van der Waals surface area contributed by atoms with Crippen LogP contribution in [0.3, 0.4) is 0 Å². The van der Waals surface area contributed by atoms with Gasteiger partial charge < -0.3 is 9.47 Å². The van der Waals surface area contributed by atoms with Crippen molar-refractivity contribution < 1.29 is 9.47 Å². The van der Waals surface area contributed by atoms with Crippen molar-refractivity contribution in [2.45, 2.75) is 105 Å². The molecule has 0 saturated heterocycles. The van der Waals surface area contributed by atoms with Gasteiger partial charge in [0.1, 0.15) is 11.5 Å². The van der Waals surface area contributed by atoms with Gasteiger partial charge in [-0.05, 0) is 161 Å². The second-order valence-corrected chi connectivity index (χ2v) is 18.2. The highest BCUT2D eigenvalue weighted by Gasteiger charge is 2.31. The van der Waals surface area contributed by atoms with E-state index in [-0.39, 0.29) is 0 Å². The van der Waals surface area contributed by atoms with Crippen LogP contribution in [0, 0.1) is 26.2 Å². The van der Waals surface area contributed by atoms with Gasteiger partial charge in [-0.3, -0.25) is 0 Å². The normalized spacial score (nSPS) is 22.5. The van der Waals surface area contributed by atoms with E-state index in [4.69, 9.17) is 9.47 Å². The van der Waals surface area contributed by atoms with Crippen molar-refractivity contribution in [1.82, 2.24) is 0 Å². The van der Waals surface area contributed by atoms with Gasteiger partial charge in [-0.2, -0.15) is 0 Å². The van der Waals surface area contributed by atoms with Crippen LogP contribution in [-0.4, -0.2) is 12.2 Å². The fraction of sp³-hybridized carbons (Fsp3) is 0.500. The zero-order chi connectivity index (χ0) is 32.4. The molecule has 2 aliphatic rings. The summed E-state index contributed by atoms with van der Waals surface area (Å²) in [5.74, 6) is 3.71. The van der Waals surface area contributed by atoms with E-state index >= 15 is 0 Å². The van der Waals surface area contributed by atoms with Crippen LogP contribution < -0.4 is 9.47 Å². The van der Waals surface area contributed by atoms with E-state index in [0.29, 0.717) is 23.0 Å². The maximum atomic E-state index is 6.37. The molecular formula is C40H49Br2IO2. The van der Waals surface area contributed by atoms with E-state index in [0.717, 1.165) is 32.3 Å². The number of ether oxygens (including phenoxy) is 2. The number of fused-ring (bicyclic) bond motifs is 2. The molecule has 0 amide bonds. The van der Waals surface area contributed by atoms with E-state index in [1.807, 2.05) is 0 Å². The standard InChI is InChI=1S/C20H24BrIO.C20H25BrO/c1-20(2,3)14-5-8-16(9-6-14)23-18-11-4-13-12-15(21)7-10-17(13)19(18)22;1-20(2,3)16-6-10-18(11-7-16)22-19-9-5-14-12-17(21)8-4-15(14)13-19/h4,7,10-12,14,16H,5-6,8-9H2,1-3H3;4-5,8-9,12-13,16,18H,6-7,10-11H2,1-3H3. The van der Waals surface area contributed by atoms with Crippen LogP contribution in [0.5, 0.6) is 11.5 Å². The molecule has 45 heavy (non-hydrogen) atoms. The molecule has 0 aromatic heterocycles. The molecule has 0 radical (unpaired) electrons. The molecular weight excluding hydrogens is 799 g/mol. The van der Waals surface area contributed by atoms with Crippen LogP contribution in [-0.2, 0) is 0 Å². The Labute approximate surface area is 301 Å². The van der Waals surface area contributed by atoms with Crippen LogP contribution in [0.15, 0.2) is 75.7 Å². The maximum absolute atomic E-state index is 6.37. The highest BCUT2D eigenvalue weighted by Crippen LogP contribution is 2.41. The van der Waals surface area contributed by atoms with E-state index in [2.05, 4.69) is 163 Å². The summed E-state index contributed by atoms with van der Waals surface area (Å²) < 4.78 is 16.1. The number of benzene rings is 4. The Bertz CT molecular complexity index is 1590. The average Bonchev–Trinajstić information content (AvgIpc) is 2.99. The molecule has 2 nitrogen and oxygen atoms in total. The molecule has 0 heterocycles. The van der Waals surface area contributed by atoms with E-state index in [1.54, 1.807) is 0 Å². The van der Waals surface area contributed by atoms with Crippen molar-refractivity contribution in [3.63, 3.8) is 0 Å². The number of halogens is 3. The van der Waals surface area contributed by atoms with Gasteiger partial charge >= 0.3 is 0 Å². The van der Waals surface area contributed by atoms with Gasteiger partial charge in [-0.1, -0.05) is 97.7 Å². The van der Waals surface area contributed by atoms with Crippen LogP contribution in [0.4, 0.5) is 0 Å². The molecule has 0 spiro atoms. The first-order valence-corrected chi connectivity index (χ1v) is 19.3. The van der Waals surface area contributed by atoms with Gasteiger partial charge in [0.25, 0.3) is 0 Å². The molecule has 0 unspecified atom stereocenters. The SMILES string of the molecule is CC(C)(C)C1CCC(Oc2ccc3cc(Br)ccc3c2)CC1.CC(C)(C)C1CCC(Oc2ccc3cc(Br)ccc3c2I)CC1. The minimum Gasteiger partial charge on any atom is -0.490 e. The molecule has 0 aliphatic heterocycles. The predicted molar refractivity (Wildman–Crippen MR) is 208 cm³/mol. The van der Waals surface area contributed by atoms with Crippen molar-refractivity contribution >= 4 is 76.0 Å². The summed E-state index contributed by atoms with van der Waals surface area (Å²) in [6.45, 7) is 14.2. The quantitative estimate of drug-likeness (QED) is 0.191. The van der Waals surface area contributed by atoms with Gasteiger partial charge in [0.15, 0.2) is 0 Å². The van der Waals surface area contributed by atoms with Gasteiger partial charge in [-0.15, -0.1) is 0 Å². The number of rotatable bonds is 4. The maximum Gasteiger partial charge on any atom is 0.133 e. The van der Waals surface area contributed by atoms with Crippen LogP contribution >= 0.6 is 54.5 Å². The number of hydrogen-bond acceptors (Lipinski definition) is 2. The topological polar surface area (TPSA) is 18.5 Å². The van der Waals surface area contributed by atoms with Crippen LogP contribution in [0.1, 0.15) is 92.9 Å².